The molecule has 5 aromatic rings. The van der Waals surface area contributed by atoms with E-state index in [9.17, 15) is 82.1 Å². The van der Waals surface area contributed by atoms with Crippen LogP contribution >= 0.6 is 0 Å². The predicted octanol–water partition coefficient (Wildman–Crippen LogP) is -0.130. The molecule has 36 nitrogen and oxygen atoms in total. The molecule has 0 spiro atoms. The number of nitrogens with two attached hydrogens (primary N) is 3. The molecule has 2 aromatic heterocycles. The van der Waals surface area contributed by atoms with E-state index in [1.165, 1.54) is 39.5 Å². The molecule has 16 atom stereocenters. The molecule has 23 N–H and O–H groups in total. The van der Waals surface area contributed by atoms with E-state index in [4.69, 9.17) is 17.2 Å². The standard InChI is InChI=1S/C84H125N19O17/c1-12-47(6)69(83(118)103-36-24-33-67(103)81(116)94-51(10)84(119)120)102-73(108)50(9)91-76(111)61(31-20-22-34-85)96-80(115)64(38-46(4)5)97-72(107)49(8)93-79(114)66(41-55-43-89-60-30-19-17-28-57(55)60)99-77(112)62(32-21-23-35-86)95-71(106)48(7)92-78(113)63(37-45(2)3)100-82(117)70(52(11)104)101-68(105)44-90-75(110)65(40-54-42-88-59-29-18-16-27-56(54)59)98-74(109)58(87)39-53-25-14-13-15-26-53/h13-19,25-30,42-43,45-52,58,61-67,69-70,88-89,104H,12,20-24,31-41,44,85-87H2,1-11H3,(H,90,110)(H,91,111)(H,92,113)(H,93,114)(H,94,116)(H,95,106)(H,96,115)(H,97,107)(H,98,109)(H,99,112)(H,100,117)(H,101,105)(H,102,108)(H,119,120)/t47-,48-,49-,50-,51-,52+,58-,61-,62-,63-,64-,65-,66-,67-,69-,70-/m0/s1. The fourth-order valence-electron chi connectivity index (χ4n) is 13.9. The van der Waals surface area contributed by atoms with E-state index in [1.54, 1.807) is 83.4 Å². The van der Waals surface area contributed by atoms with Crippen LogP contribution in [0.15, 0.2) is 91.3 Å². The number of unbranched alkanes of at least 4 members (excludes halogenated alkanes) is 2. The molecular formula is C84H125N19O17. The van der Waals surface area contributed by atoms with Gasteiger partial charge in [-0.2, -0.15) is 0 Å². The molecular weight excluding hydrogens is 1550 g/mol. The van der Waals surface area contributed by atoms with Gasteiger partial charge in [0, 0.05) is 53.6 Å². The van der Waals surface area contributed by atoms with Gasteiger partial charge in [-0.1, -0.05) is 115 Å². The van der Waals surface area contributed by atoms with Crippen LogP contribution in [0.4, 0.5) is 0 Å². The lowest BCUT2D eigenvalue weighted by Gasteiger charge is -2.32. The summed E-state index contributed by atoms with van der Waals surface area (Å²) in [5, 5.41) is 56.0. The lowest BCUT2D eigenvalue weighted by atomic mass is 9.97. The Morgan fingerprint density at radius 2 is 0.883 bits per heavy atom. The van der Waals surface area contributed by atoms with Crippen molar-refractivity contribution in [1.82, 2.24) is 84.0 Å². The first-order valence-corrected chi connectivity index (χ1v) is 41.4. The number of para-hydroxylation sites is 2. The second-order valence-electron chi connectivity index (χ2n) is 31.9. The summed E-state index contributed by atoms with van der Waals surface area (Å²) in [6.45, 7) is 17.2. The highest BCUT2D eigenvalue weighted by Crippen LogP contribution is 2.25. The Morgan fingerprint density at radius 3 is 1.38 bits per heavy atom. The number of carboxylic acids is 1. The van der Waals surface area contributed by atoms with E-state index in [-0.39, 0.29) is 82.8 Å². The van der Waals surface area contributed by atoms with Crippen molar-refractivity contribution >= 4 is 110 Å². The fraction of sp³-hybridized carbons (Fsp3) is 0.560. The Labute approximate surface area is 699 Å². The van der Waals surface area contributed by atoms with E-state index < -0.39 is 192 Å². The lowest BCUT2D eigenvalue weighted by molar-refractivity contribution is -0.145. The number of carbonyl (C=O) groups is 15. The largest absolute Gasteiger partial charge is 0.480 e. The molecule has 1 saturated heterocycles. The summed E-state index contributed by atoms with van der Waals surface area (Å²) < 4.78 is 0. The van der Waals surface area contributed by atoms with Crippen molar-refractivity contribution in [2.45, 2.75) is 257 Å². The molecule has 0 bridgehead atoms. The number of aliphatic hydroxyl groups is 1. The minimum absolute atomic E-state index is 0.0106. The number of fused-ring (bicyclic) bond motifs is 2. The highest BCUT2D eigenvalue weighted by molar-refractivity contribution is 6.01. The number of aromatic amines is 2. The molecule has 658 valence electrons. The molecule has 1 fully saturated rings. The number of rotatable bonds is 49. The van der Waals surface area contributed by atoms with E-state index in [0.29, 0.717) is 60.6 Å². The molecule has 0 aliphatic carbocycles. The van der Waals surface area contributed by atoms with Crippen molar-refractivity contribution in [3.8, 4) is 0 Å². The van der Waals surface area contributed by atoms with Crippen molar-refractivity contribution in [3.05, 3.63) is 108 Å². The summed E-state index contributed by atoms with van der Waals surface area (Å²) in [5.74, 6) is -13.3. The Bertz CT molecular complexity index is 4320. The molecule has 3 heterocycles. The lowest BCUT2D eigenvalue weighted by Crippen LogP contribution is -2.61. The third-order valence-corrected chi connectivity index (χ3v) is 21.0. The summed E-state index contributed by atoms with van der Waals surface area (Å²) in [6.07, 6.45) is 4.48. The van der Waals surface area contributed by atoms with Crippen LogP contribution in [0.3, 0.4) is 0 Å². The van der Waals surface area contributed by atoms with Crippen molar-refractivity contribution in [2.75, 3.05) is 26.2 Å². The molecule has 36 heteroatoms. The average molecular weight is 1670 g/mol. The van der Waals surface area contributed by atoms with Crippen LogP contribution < -0.4 is 86.3 Å². The molecule has 1 aliphatic heterocycles. The Kier molecular flexibility index (Phi) is 39.0. The highest BCUT2D eigenvalue weighted by Gasteiger charge is 2.42. The van der Waals surface area contributed by atoms with Gasteiger partial charge in [0.15, 0.2) is 0 Å². The third kappa shape index (κ3) is 29.9. The Hall–Kier alpha value is -11.4. The summed E-state index contributed by atoms with van der Waals surface area (Å²) in [4.78, 5) is 217. The van der Waals surface area contributed by atoms with E-state index in [1.807, 2.05) is 49.4 Å². The van der Waals surface area contributed by atoms with Crippen LogP contribution in [0.2, 0.25) is 0 Å². The van der Waals surface area contributed by atoms with Gasteiger partial charge in [0.1, 0.15) is 78.5 Å². The first kappa shape index (κ1) is 97.5. The molecule has 6 rings (SSSR count). The number of nitrogens with zero attached hydrogens (tertiary/aromatic N) is 1. The maximum absolute atomic E-state index is 14.8. The zero-order valence-corrected chi connectivity index (χ0v) is 70.5. The van der Waals surface area contributed by atoms with Gasteiger partial charge < -0.3 is 111 Å². The van der Waals surface area contributed by atoms with E-state index in [0.717, 1.165) is 16.5 Å². The number of carbonyl (C=O) groups excluding carboxylic acids is 14. The van der Waals surface area contributed by atoms with Crippen molar-refractivity contribution in [3.63, 3.8) is 0 Å². The van der Waals surface area contributed by atoms with Gasteiger partial charge in [-0.25, -0.2) is 0 Å². The number of carboxylic acid groups (broad SMARTS) is 1. The number of aromatic nitrogens is 2. The van der Waals surface area contributed by atoms with Gasteiger partial charge in [0.2, 0.25) is 82.7 Å². The number of hydrogen-bond donors (Lipinski definition) is 20. The number of nitrogens with one attached hydrogen (secondary N) is 15. The number of hydrogen-bond acceptors (Lipinski definition) is 19. The van der Waals surface area contributed by atoms with Gasteiger partial charge in [-0.3, -0.25) is 71.9 Å². The average Bonchev–Trinajstić information content (AvgIpc) is 1.25. The Morgan fingerprint density at radius 1 is 0.458 bits per heavy atom. The quantitative estimate of drug-likeness (QED) is 0.0226. The first-order valence-electron chi connectivity index (χ1n) is 41.4. The number of benzene rings is 3. The number of H-pyrrole nitrogens is 2. The van der Waals surface area contributed by atoms with Crippen LogP contribution in [0.1, 0.15) is 163 Å². The number of likely N-dealkylation sites (tertiary alicyclic amines) is 1. The maximum Gasteiger partial charge on any atom is 0.325 e. The molecule has 0 unspecified atom stereocenters. The van der Waals surface area contributed by atoms with Crippen LogP contribution in [-0.2, 0) is 91.2 Å². The van der Waals surface area contributed by atoms with E-state index in [2.05, 4.69) is 79.1 Å². The zero-order valence-electron chi connectivity index (χ0n) is 70.5. The monoisotopic (exact) mass is 1670 g/mol. The molecule has 120 heavy (non-hydrogen) atoms. The minimum Gasteiger partial charge on any atom is -0.480 e. The summed E-state index contributed by atoms with van der Waals surface area (Å²) in [5.41, 5.74) is 21.6. The molecule has 1 aliphatic rings. The van der Waals surface area contributed by atoms with E-state index >= 15 is 0 Å². The van der Waals surface area contributed by atoms with Gasteiger partial charge in [-0.15, -0.1) is 0 Å². The third-order valence-electron chi connectivity index (χ3n) is 21.0. The van der Waals surface area contributed by atoms with Crippen LogP contribution in [-0.4, -0.2) is 231 Å². The Balaban J connectivity index is 1.11. The van der Waals surface area contributed by atoms with Crippen molar-refractivity contribution in [1.29, 1.82) is 0 Å². The molecule has 3 aromatic carbocycles. The zero-order chi connectivity index (χ0) is 88.6. The predicted molar refractivity (Wildman–Crippen MR) is 449 cm³/mol. The number of aliphatic carboxylic acids is 1. The van der Waals surface area contributed by atoms with Gasteiger partial charge in [0.25, 0.3) is 0 Å². The van der Waals surface area contributed by atoms with Gasteiger partial charge >= 0.3 is 5.97 Å². The SMILES string of the molecule is CC[C@H](C)[C@H](NC(=O)[C@H](C)NC(=O)[C@H](CCCCN)NC(=O)[C@H](CC(C)C)NC(=O)[C@H](C)NC(=O)[C@H](Cc1c[nH]c2ccccc12)NC(=O)[C@H](CCCCN)NC(=O)[C@H](C)NC(=O)[C@H](CC(C)C)NC(=O)[C@@H](NC(=O)CNC(=O)[C@H](Cc1c[nH]c2ccccc12)NC(=O)[C@@H](N)Cc1ccccc1)[C@@H](C)O)C(=O)N1CCC[C@H]1C(=O)N[C@@H](C)C(=O)O. The number of aliphatic hydroxyl groups excluding tert-OH is 1. The van der Waals surface area contributed by atoms with Gasteiger partial charge in [0.05, 0.1) is 18.7 Å². The first-order chi connectivity index (χ1) is 56.9. The molecule has 0 radical (unpaired) electrons. The summed E-state index contributed by atoms with van der Waals surface area (Å²) in [7, 11) is 0. The normalized spacial score (nSPS) is 16.4. The molecule has 14 amide bonds. The van der Waals surface area contributed by atoms with Crippen LogP contribution in [0.25, 0.3) is 21.8 Å². The highest BCUT2D eigenvalue weighted by atomic mass is 16.4. The second kappa shape index (κ2) is 48.0. The topological polar surface area (TPSA) is 566 Å². The van der Waals surface area contributed by atoms with Crippen LogP contribution in [0, 0.1) is 17.8 Å². The smallest absolute Gasteiger partial charge is 0.325 e. The van der Waals surface area contributed by atoms with Gasteiger partial charge in [-0.05, 0) is 165 Å². The van der Waals surface area contributed by atoms with Crippen molar-refractivity contribution in [2.24, 2.45) is 35.0 Å². The minimum atomic E-state index is -1.69. The summed E-state index contributed by atoms with van der Waals surface area (Å²) in [6, 6.07) is 5.41. The fourth-order valence-corrected chi connectivity index (χ4v) is 13.9. The summed E-state index contributed by atoms with van der Waals surface area (Å²) >= 11 is 0. The second-order valence-corrected chi connectivity index (χ2v) is 31.9. The maximum atomic E-state index is 14.8. The number of amides is 14. The van der Waals surface area contributed by atoms with Crippen LogP contribution in [0.5, 0.6) is 0 Å². The molecule has 0 saturated carbocycles. The van der Waals surface area contributed by atoms with Crippen molar-refractivity contribution < 1.29 is 82.1 Å².